The fourth-order valence-corrected chi connectivity index (χ4v) is 11.9. The Morgan fingerprint density at radius 2 is 0.901 bits per heavy atom. The Morgan fingerprint density at radius 3 is 1.18 bits per heavy atom. The van der Waals surface area contributed by atoms with Crippen molar-refractivity contribution in [3.8, 4) is 20.9 Å². The van der Waals surface area contributed by atoms with E-state index >= 15 is 0 Å². The van der Waals surface area contributed by atoms with Crippen LogP contribution in [-0.4, -0.2) is 80.7 Å². The quantitative estimate of drug-likeness (QED) is 0.0988. The molecule has 2 aliphatic rings. The van der Waals surface area contributed by atoms with Crippen LogP contribution in [0.4, 0.5) is 22.7 Å². The number of carboxylic acids is 2. The molecule has 2 aromatic carbocycles. The number of hydrogen-bond acceptors (Lipinski definition) is 14. The second-order valence-corrected chi connectivity index (χ2v) is 22.1. The third-order valence-electron chi connectivity index (χ3n) is 12.7. The van der Waals surface area contributed by atoms with Crippen molar-refractivity contribution < 1.29 is 39.0 Å². The second-order valence-electron chi connectivity index (χ2n) is 18.6. The molecule has 0 atom stereocenters. The molecule has 368 valence electrons. The molecule has 6 aromatic rings. The number of amides is 4. The predicted molar refractivity (Wildman–Crippen MR) is 282 cm³/mol. The van der Waals surface area contributed by atoms with E-state index in [9.17, 15) is 39.0 Å². The van der Waals surface area contributed by atoms with Gasteiger partial charge in [-0.1, -0.05) is 38.1 Å². The maximum atomic E-state index is 13.5. The van der Waals surface area contributed by atoms with Gasteiger partial charge in [0.1, 0.15) is 11.4 Å². The second kappa shape index (κ2) is 24.9. The molecule has 4 aromatic heterocycles. The van der Waals surface area contributed by atoms with Crippen LogP contribution in [0.25, 0.3) is 20.9 Å². The molecule has 0 radical (unpaired) electrons. The molecule has 2 aliphatic carbocycles. The Balaban J connectivity index is 0.000000229. The number of thiazole rings is 2. The first kappa shape index (κ1) is 55.0. The molecule has 0 bridgehead atoms. The Labute approximate surface area is 446 Å². The van der Waals surface area contributed by atoms with Crippen LogP contribution < -0.4 is 30.6 Å². The topological polar surface area (TPSA) is 205 Å². The van der Waals surface area contributed by atoms with E-state index in [1.807, 2.05) is 52.0 Å². The van der Waals surface area contributed by atoms with Gasteiger partial charge >= 0.3 is 23.1 Å². The number of aromatic nitrogens is 2. The minimum absolute atomic E-state index is 0. The van der Waals surface area contributed by atoms with Crippen molar-refractivity contribution in [3.05, 3.63) is 104 Å². The van der Waals surface area contributed by atoms with Gasteiger partial charge in [-0.05, 0) is 138 Å². The van der Waals surface area contributed by atoms with Crippen molar-refractivity contribution >= 4 is 127 Å². The molecule has 19 heteroatoms. The first-order chi connectivity index (χ1) is 33.5. The summed E-state index contributed by atoms with van der Waals surface area (Å²) >= 11 is 4.89. The summed E-state index contributed by atoms with van der Waals surface area (Å²) in [6, 6.07) is 17.4. The molecular formula is C52H56MgN6O8S4. The monoisotopic (exact) mass is 1040 g/mol. The summed E-state index contributed by atoms with van der Waals surface area (Å²) in [4.78, 5) is 88.3. The van der Waals surface area contributed by atoms with E-state index in [0.29, 0.717) is 55.7 Å². The van der Waals surface area contributed by atoms with E-state index < -0.39 is 11.9 Å². The van der Waals surface area contributed by atoms with E-state index in [2.05, 4.69) is 34.4 Å². The van der Waals surface area contributed by atoms with Crippen molar-refractivity contribution in [3.63, 3.8) is 0 Å². The molecule has 0 unspecified atom stereocenters. The zero-order chi connectivity index (χ0) is 50.2. The van der Waals surface area contributed by atoms with E-state index in [-0.39, 0.29) is 80.4 Å². The van der Waals surface area contributed by atoms with Crippen LogP contribution in [0, 0.1) is 23.7 Å². The summed E-state index contributed by atoms with van der Waals surface area (Å²) in [5.41, 5.74) is 7.48. The maximum Gasteiger partial charge on any atom is 2.00 e. The molecule has 4 heterocycles. The first-order valence-electron chi connectivity index (χ1n) is 23.4. The molecule has 2 fully saturated rings. The molecule has 4 amide bonds. The molecule has 2 saturated carbocycles. The fraction of sp³-hybridized carbons (Fsp3) is 0.385. The average Bonchev–Trinajstić information content (AvgIpc) is 4.19. The van der Waals surface area contributed by atoms with Crippen molar-refractivity contribution in [1.82, 2.24) is 9.97 Å². The van der Waals surface area contributed by atoms with Crippen molar-refractivity contribution in [2.24, 2.45) is 23.7 Å². The van der Waals surface area contributed by atoms with Crippen LogP contribution in [0.1, 0.15) is 133 Å². The Morgan fingerprint density at radius 1 is 0.563 bits per heavy atom. The number of benzene rings is 2. The largest absolute Gasteiger partial charge is 2.00 e. The van der Waals surface area contributed by atoms with E-state index in [0.717, 1.165) is 85.2 Å². The summed E-state index contributed by atoms with van der Waals surface area (Å²) in [5.74, 6) is -2.14. The third-order valence-corrected chi connectivity index (χ3v) is 16.2. The van der Waals surface area contributed by atoms with E-state index in [1.165, 1.54) is 22.7 Å². The molecule has 71 heavy (non-hydrogen) atoms. The normalized spacial score (nSPS) is 17.6. The molecule has 2 N–H and O–H groups in total. The molecule has 14 nitrogen and oxygen atoms in total. The van der Waals surface area contributed by atoms with Crippen LogP contribution in [0.5, 0.6) is 0 Å². The van der Waals surface area contributed by atoms with Gasteiger partial charge < -0.3 is 40.2 Å². The number of hydrogen-bond donors (Lipinski definition) is 2. The number of nitrogens with zero attached hydrogens (tertiary/aromatic N) is 4. The molecule has 0 saturated heterocycles. The third kappa shape index (κ3) is 13.6. The minimum atomic E-state index is -1.29. The maximum absolute atomic E-state index is 13.5. The van der Waals surface area contributed by atoms with Gasteiger partial charge in [0, 0.05) is 55.8 Å². The predicted octanol–water partition coefficient (Wildman–Crippen LogP) is 9.73. The van der Waals surface area contributed by atoms with Crippen LogP contribution in [0.2, 0.25) is 0 Å². The van der Waals surface area contributed by atoms with Crippen LogP contribution in [0.15, 0.2) is 82.4 Å². The van der Waals surface area contributed by atoms with Crippen LogP contribution >= 0.6 is 45.3 Å². The minimum Gasteiger partial charge on any atom is -0.544 e. The number of carboxylic acid groups (broad SMARTS) is 2. The first-order valence-corrected chi connectivity index (χ1v) is 27.0. The number of carbonyl (C=O) groups is 6. The fourth-order valence-electron chi connectivity index (χ4n) is 8.88. The van der Waals surface area contributed by atoms with Gasteiger partial charge in [0.2, 0.25) is 11.8 Å². The van der Waals surface area contributed by atoms with Crippen LogP contribution in [-0.2, 0) is 9.59 Å². The number of nitrogens with one attached hydrogen (secondary N) is 2. The Bertz CT molecular complexity index is 2590. The SMILES string of the molecule is CC1CCC(C(=O)N(c2cc(-c3ccc(NC(=O)c4cscn4)cc3)sc2C(=O)[O-])C(C)C)CC1.CC1CCC(C(=O)N(c2cc(-c3ccc(NC(=O)c4cscn4)cc3)sc2C(=O)[O-])C(C)C)CC1.[Mg+2]. The molecule has 0 aliphatic heterocycles. The summed E-state index contributed by atoms with van der Waals surface area (Å²) in [5, 5.41) is 33.0. The summed E-state index contributed by atoms with van der Waals surface area (Å²) in [6.07, 6.45) is 7.35. The van der Waals surface area contributed by atoms with Crippen molar-refractivity contribution in [2.75, 3.05) is 20.4 Å². The number of carbonyl (C=O) groups excluding carboxylic acids is 6. The van der Waals surface area contributed by atoms with Gasteiger partial charge in [0.05, 0.1) is 44.1 Å². The average molecular weight is 1050 g/mol. The van der Waals surface area contributed by atoms with Gasteiger partial charge in [-0.2, -0.15) is 0 Å². The Kier molecular flexibility index (Phi) is 19.3. The molecule has 0 spiro atoms. The van der Waals surface area contributed by atoms with Crippen molar-refractivity contribution in [2.45, 2.75) is 105 Å². The number of anilines is 4. The van der Waals surface area contributed by atoms with Gasteiger partial charge in [-0.3, -0.25) is 19.2 Å². The van der Waals surface area contributed by atoms with Gasteiger partial charge in [-0.15, -0.1) is 45.3 Å². The van der Waals surface area contributed by atoms with E-state index in [1.54, 1.807) is 68.0 Å². The van der Waals surface area contributed by atoms with Crippen molar-refractivity contribution in [1.29, 1.82) is 0 Å². The smallest absolute Gasteiger partial charge is 0.544 e. The molecule has 8 rings (SSSR count). The van der Waals surface area contributed by atoms with Gasteiger partial charge in [0.15, 0.2) is 0 Å². The summed E-state index contributed by atoms with van der Waals surface area (Å²) in [6.45, 7) is 12.0. The molecular weight excluding hydrogens is 989 g/mol. The summed E-state index contributed by atoms with van der Waals surface area (Å²) in [7, 11) is 0. The number of thiophene rings is 2. The zero-order valence-corrected chi connectivity index (χ0v) is 45.3. The number of aromatic carboxylic acids is 2. The number of rotatable bonds is 14. The van der Waals surface area contributed by atoms with E-state index in [4.69, 9.17) is 0 Å². The van der Waals surface area contributed by atoms with Gasteiger partial charge in [0.25, 0.3) is 11.8 Å². The summed E-state index contributed by atoms with van der Waals surface area (Å²) < 4.78 is 0. The standard InChI is InChI=1S/2C26H29N3O4S2.Mg/c2*1-15(2)29(25(31)18-6-4-16(3)5-7-18)21-12-22(35-23(21)26(32)33)17-8-10-19(11-9-17)28-24(30)20-13-34-14-27-20;/h2*8-16,18H,4-7H2,1-3H3,(H,28,30)(H,32,33);/q;;+2/p-2. The van der Waals surface area contributed by atoms with Gasteiger partial charge in [-0.25, -0.2) is 9.97 Å². The Hall–Kier alpha value is -5.31. The van der Waals surface area contributed by atoms with Crippen LogP contribution in [0.3, 0.4) is 0 Å². The zero-order valence-electron chi connectivity index (χ0n) is 40.6.